The van der Waals surface area contributed by atoms with E-state index in [1.165, 1.54) is 0 Å². The van der Waals surface area contributed by atoms with Crippen LogP contribution >= 0.6 is 0 Å². The highest BCUT2D eigenvalue weighted by molar-refractivity contribution is 5.77. The summed E-state index contributed by atoms with van der Waals surface area (Å²) < 4.78 is 0. The summed E-state index contributed by atoms with van der Waals surface area (Å²) in [7, 11) is 0. The van der Waals surface area contributed by atoms with Gasteiger partial charge in [-0.25, -0.2) is 0 Å². The van der Waals surface area contributed by atoms with Crippen molar-refractivity contribution >= 4 is 11.0 Å². The summed E-state index contributed by atoms with van der Waals surface area (Å²) in [6.45, 7) is 1.94. The van der Waals surface area contributed by atoms with E-state index < -0.39 is 6.10 Å². The normalized spacial score (nSPS) is 13.0. The summed E-state index contributed by atoms with van der Waals surface area (Å²) in [6, 6.07) is 5.69. The minimum Gasteiger partial charge on any atom is -0.388 e. The number of hydrogen-bond donors (Lipinski definition) is 1. The Kier molecular flexibility index (Phi) is 2.41. The van der Waals surface area contributed by atoms with Gasteiger partial charge in [-0.05, 0) is 12.5 Å². The Morgan fingerprint density at radius 1 is 1.29 bits per heavy atom. The summed E-state index contributed by atoms with van der Waals surface area (Å²) in [5, 5.41) is 9.76. The van der Waals surface area contributed by atoms with Crippen LogP contribution in [-0.4, -0.2) is 15.1 Å². The van der Waals surface area contributed by atoms with Crippen LogP contribution in [0.1, 0.15) is 25.0 Å². The van der Waals surface area contributed by atoms with E-state index in [4.69, 9.17) is 0 Å². The highest BCUT2D eigenvalue weighted by Gasteiger charge is 2.09. The molecule has 0 aliphatic heterocycles. The molecule has 3 heteroatoms. The molecular formula is C11H12N2O. The number of rotatable bonds is 2. The molecule has 1 atom stereocenters. The fourth-order valence-electron chi connectivity index (χ4n) is 1.50. The molecule has 1 aromatic carbocycles. The molecule has 2 aromatic rings. The third-order valence-electron chi connectivity index (χ3n) is 2.28. The zero-order valence-electron chi connectivity index (χ0n) is 8.01. The van der Waals surface area contributed by atoms with Gasteiger partial charge in [0.1, 0.15) is 0 Å². The molecule has 14 heavy (non-hydrogen) atoms. The van der Waals surface area contributed by atoms with E-state index in [-0.39, 0.29) is 0 Å². The molecule has 1 heterocycles. The molecule has 0 saturated carbocycles. The third-order valence-corrected chi connectivity index (χ3v) is 2.28. The van der Waals surface area contributed by atoms with Crippen LogP contribution in [0.4, 0.5) is 0 Å². The second-order valence-corrected chi connectivity index (χ2v) is 3.20. The molecule has 0 spiro atoms. The molecule has 0 fully saturated rings. The summed E-state index contributed by atoms with van der Waals surface area (Å²) in [5.74, 6) is 0. The first-order valence-corrected chi connectivity index (χ1v) is 4.70. The Labute approximate surface area is 82.4 Å². The zero-order chi connectivity index (χ0) is 9.97. The maximum absolute atomic E-state index is 9.76. The summed E-state index contributed by atoms with van der Waals surface area (Å²) in [5.41, 5.74) is 2.49. The van der Waals surface area contributed by atoms with Gasteiger partial charge < -0.3 is 5.11 Å². The SMILES string of the molecule is CCC(O)c1cccc2nccnc12. The maximum Gasteiger partial charge on any atom is 0.0944 e. The lowest BCUT2D eigenvalue weighted by molar-refractivity contribution is 0.175. The van der Waals surface area contributed by atoms with Crippen molar-refractivity contribution in [1.29, 1.82) is 0 Å². The highest BCUT2D eigenvalue weighted by Crippen LogP contribution is 2.22. The van der Waals surface area contributed by atoms with Gasteiger partial charge in [0.2, 0.25) is 0 Å². The number of aliphatic hydroxyl groups is 1. The average Bonchev–Trinajstić information content (AvgIpc) is 2.27. The maximum atomic E-state index is 9.76. The van der Waals surface area contributed by atoms with Crippen molar-refractivity contribution in [2.75, 3.05) is 0 Å². The van der Waals surface area contributed by atoms with Crippen molar-refractivity contribution in [3.05, 3.63) is 36.2 Å². The molecule has 0 bridgehead atoms. The number of benzene rings is 1. The van der Waals surface area contributed by atoms with Crippen LogP contribution in [0.25, 0.3) is 11.0 Å². The van der Waals surface area contributed by atoms with E-state index in [0.29, 0.717) is 6.42 Å². The molecule has 0 amide bonds. The Balaban J connectivity index is 2.65. The van der Waals surface area contributed by atoms with Gasteiger partial charge in [0, 0.05) is 18.0 Å². The first-order chi connectivity index (χ1) is 6.83. The van der Waals surface area contributed by atoms with Crippen molar-refractivity contribution < 1.29 is 5.11 Å². The van der Waals surface area contributed by atoms with Gasteiger partial charge in [0.25, 0.3) is 0 Å². The van der Waals surface area contributed by atoms with Gasteiger partial charge in [0.15, 0.2) is 0 Å². The Hall–Kier alpha value is -1.48. The molecule has 0 saturated heterocycles. The fourth-order valence-corrected chi connectivity index (χ4v) is 1.50. The van der Waals surface area contributed by atoms with E-state index in [2.05, 4.69) is 9.97 Å². The van der Waals surface area contributed by atoms with Crippen molar-refractivity contribution in [2.45, 2.75) is 19.4 Å². The molecule has 3 nitrogen and oxygen atoms in total. The summed E-state index contributed by atoms with van der Waals surface area (Å²) >= 11 is 0. The smallest absolute Gasteiger partial charge is 0.0944 e. The largest absolute Gasteiger partial charge is 0.388 e. The molecule has 72 valence electrons. The van der Waals surface area contributed by atoms with E-state index in [1.54, 1.807) is 12.4 Å². The topological polar surface area (TPSA) is 46.0 Å². The average molecular weight is 188 g/mol. The lowest BCUT2D eigenvalue weighted by Gasteiger charge is -2.09. The fraction of sp³-hybridized carbons (Fsp3) is 0.273. The van der Waals surface area contributed by atoms with Gasteiger partial charge in [-0.1, -0.05) is 19.1 Å². The van der Waals surface area contributed by atoms with Crippen LogP contribution in [0.2, 0.25) is 0 Å². The number of aromatic nitrogens is 2. The second-order valence-electron chi connectivity index (χ2n) is 3.20. The standard InChI is InChI=1S/C11H12N2O/c1-2-10(14)8-4-3-5-9-11(8)13-7-6-12-9/h3-7,10,14H,2H2,1H3. The van der Waals surface area contributed by atoms with E-state index in [0.717, 1.165) is 16.6 Å². The van der Waals surface area contributed by atoms with E-state index >= 15 is 0 Å². The quantitative estimate of drug-likeness (QED) is 0.784. The first-order valence-electron chi connectivity index (χ1n) is 4.70. The minimum absolute atomic E-state index is 0.449. The van der Waals surface area contributed by atoms with Crippen molar-refractivity contribution in [2.24, 2.45) is 0 Å². The van der Waals surface area contributed by atoms with Crippen LogP contribution in [0.3, 0.4) is 0 Å². The van der Waals surface area contributed by atoms with Crippen molar-refractivity contribution in [1.82, 2.24) is 9.97 Å². The summed E-state index contributed by atoms with van der Waals surface area (Å²) in [4.78, 5) is 8.41. The Morgan fingerprint density at radius 3 is 2.86 bits per heavy atom. The number of fused-ring (bicyclic) bond motifs is 1. The van der Waals surface area contributed by atoms with Crippen LogP contribution in [0.15, 0.2) is 30.6 Å². The number of hydrogen-bond acceptors (Lipinski definition) is 3. The van der Waals surface area contributed by atoms with Crippen molar-refractivity contribution in [3.63, 3.8) is 0 Å². The molecule has 1 unspecified atom stereocenters. The number of aliphatic hydroxyl groups excluding tert-OH is 1. The number of nitrogens with zero attached hydrogens (tertiary/aromatic N) is 2. The predicted octanol–water partition coefficient (Wildman–Crippen LogP) is 2.07. The van der Waals surface area contributed by atoms with Gasteiger partial charge in [-0.2, -0.15) is 0 Å². The van der Waals surface area contributed by atoms with Crippen LogP contribution in [-0.2, 0) is 0 Å². The van der Waals surface area contributed by atoms with Gasteiger partial charge in [-0.15, -0.1) is 0 Å². The van der Waals surface area contributed by atoms with Crippen LogP contribution in [0, 0.1) is 0 Å². The number of para-hydroxylation sites is 1. The van der Waals surface area contributed by atoms with Gasteiger partial charge >= 0.3 is 0 Å². The third kappa shape index (κ3) is 1.46. The van der Waals surface area contributed by atoms with Crippen LogP contribution in [0.5, 0.6) is 0 Å². The minimum atomic E-state index is -0.449. The lowest BCUT2D eigenvalue weighted by atomic mass is 10.1. The Bertz CT molecular complexity index is 437. The van der Waals surface area contributed by atoms with Gasteiger partial charge in [0.05, 0.1) is 17.1 Å². The second kappa shape index (κ2) is 3.72. The van der Waals surface area contributed by atoms with Crippen LogP contribution < -0.4 is 0 Å². The predicted molar refractivity (Wildman–Crippen MR) is 54.8 cm³/mol. The van der Waals surface area contributed by atoms with E-state index in [1.807, 2.05) is 25.1 Å². The highest BCUT2D eigenvalue weighted by atomic mass is 16.3. The zero-order valence-corrected chi connectivity index (χ0v) is 8.01. The molecular weight excluding hydrogens is 176 g/mol. The summed E-state index contributed by atoms with van der Waals surface area (Å²) in [6.07, 6.45) is 3.55. The molecule has 0 radical (unpaired) electrons. The monoisotopic (exact) mass is 188 g/mol. The molecule has 0 aliphatic rings. The molecule has 2 rings (SSSR count). The first kappa shape index (κ1) is 9.09. The lowest BCUT2D eigenvalue weighted by Crippen LogP contribution is -1.98. The molecule has 1 aromatic heterocycles. The Morgan fingerprint density at radius 2 is 2.07 bits per heavy atom. The van der Waals surface area contributed by atoms with Gasteiger partial charge in [-0.3, -0.25) is 9.97 Å². The molecule has 0 aliphatic carbocycles. The van der Waals surface area contributed by atoms with E-state index in [9.17, 15) is 5.11 Å². The van der Waals surface area contributed by atoms with Crippen molar-refractivity contribution in [3.8, 4) is 0 Å². The molecule has 1 N–H and O–H groups in total.